The van der Waals surface area contributed by atoms with E-state index >= 15 is 0 Å². The minimum atomic E-state index is -1.03. The number of methoxy groups -OCH3 is 1. The predicted octanol–water partition coefficient (Wildman–Crippen LogP) is 2.25. The van der Waals surface area contributed by atoms with Gasteiger partial charge in [-0.05, 0) is 48.4 Å². The van der Waals surface area contributed by atoms with Crippen LogP contribution in [-0.2, 0) is 19.1 Å². The number of rotatable bonds is 7. The van der Waals surface area contributed by atoms with Crippen LogP contribution >= 0.6 is 0 Å². The molecule has 30 heavy (non-hydrogen) atoms. The van der Waals surface area contributed by atoms with Crippen molar-refractivity contribution in [2.75, 3.05) is 13.7 Å². The predicted molar refractivity (Wildman–Crippen MR) is 106 cm³/mol. The third-order valence-electron chi connectivity index (χ3n) is 6.41. The van der Waals surface area contributed by atoms with Crippen molar-refractivity contribution in [2.24, 2.45) is 29.6 Å². The van der Waals surface area contributed by atoms with E-state index in [2.05, 4.69) is 0 Å². The SMILES string of the molecule is COc1ccc(C(=O)COC(=O)[C@@H](C(C)C)N2C(=O)[C@@H]3[C@@H](C2=O)[C@H]2C=C[C@@H]3C2)cc1. The number of ketones is 1. The van der Waals surface area contributed by atoms with Crippen molar-refractivity contribution < 1.29 is 28.7 Å². The van der Waals surface area contributed by atoms with Gasteiger partial charge in [0.25, 0.3) is 0 Å². The van der Waals surface area contributed by atoms with Gasteiger partial charge in [-0.2, -0.15) is 0 Å². The van der Waals surface area contributed by atoms with E-state index in [4.69, 9.17) is 9.47 Å². The molecule has 0 N–H and O–H groups in total. The van der Waals surface area contributed by atoms with E-state index in [1.54, 1.807) is 38.1 Å². The second-order valence-electron chi connectivity index (χ2n) is 8.49. The van der Waals surface area contributed by atoms with Crippen molar-refractivity contribution in [1.29, 1.82) is 0 Å². The highest BCUT2D eigenvalue weighted by atomic mass is 16.5. The minimum Gasteiger partial charge on any atom is -0.497 e. The summed E-state index contributed by atoms with van der Waals surface area (Å²) in [6.07, 6.45) is 4.85. The highest BCUT2D eigenvalue weighted by molar-refractivity contribution is 6.09. The van der Waals surface area contributed by atoms with Gasteiger partial charge >= 0.3 is 5.97 Å². The zero-order valence-corrected chi connectivity index (χ0v) is 17.2. The zero-order chi connectivity index (χ0) is 21.6. The standard InChI is InChI=1S/C23H25NO6/c1-12(2)20(23(28)30-11-17(25)13-6-8-16(29-3)9-7-13)24-21(26)18-14-4-5-15(10-14)19(18)22(24)27/h4-9,12,14-15,18-20H,10-11H2,1-3H3/t14-,15+,18-,19-,20+/m0/s1. The summed E-state index contributed by atoms with van der Waals surface area (Å²) in [7, 11) is 1.53. The first-order valence-electron chi connectivity index (χ1n) is 10.2. The first-order chi connectivity index (χ1) is 14.3. The lowest BCUT2D eigenvalue weighted by Gasteiger charge is -2.28. The number of nitrogens with zero attached hydrogens (tertiary/aromatic N) is 1. The van der Waals surface area contributed by atoms with E-state index in [-0.39, 0.29) is 47.2 Å². The fraction of sp³-hybridized carbons (Fsp3) is 0.478. The molecule has 5 atom stereocenters. The van der Waals surface area contributed by atoms with Crippen LogP contribution in [0.15, 0.2) is 36.4 Å². The largest absolute Gasteiger partial charge is 0.497 e. The Hall–Kier alpha value is -2.96. The van der Waals surface area contributed by atoms with Gasteiger partial charge < -0.3 is 9.47 Å². The number of carbonyl (C=O) groups excluding carboxylic acids is 4. The number of amides is 2. The molecule has 2 amide bonds. The number of likely N-dealkylation sites (tertiary alicyclic amines) is 1. The van der Waals surface area contributed by atoms with E-state index in [1.165, 1.54) is 7.11 Å². The topological polar surface area (TPSA) is 90.0 Å². The van der Waals surface area contributed by atoms with Crippen molar-refractivity contribution in [3.8, 4) is 5.75 Å². The summed E-state index contributed by atoms with van der Waals surface area (Å²) in [4.78, 5) is 52.4. The Morgan fingerprint density at radius 3 is 2.10 bits per heavy atom. The third kappa shape index (κ3) is 3.22. The highest BCUT2D eigenvalue weighted by Gasteiger charge is 2.61. The molecule has 2 bridgehead atoms. The van der Waals surface area contributed by atoms with Crippen LogP contribution in [0.4, 0.5) is 0 Å². The van der Waals surface area contributed by atoms with Crippen molar-refractivity contribution in [3.05, 3.63) is 42.0 Å². The van der Waals surface area contributed by atoms with Crippen LogP contribution in [0.25, 0.3) is 0 Å². The first kappa shape index (κ1) is 20.3. The normalized spacial score (nSPS) is 27.5. The number of fused-ring (bicyclic) bond motifs is 5. The van der Waals surface area contributed by atoms with Gasteiger partial charge in [0.15, 0.2) is 12.4 Å². The molecule has 1 saturated heterocycles. The summed E-state index contributed by atoms with van der Waals surface area (Å²) < 4.78 is 10.3. The van der Waals surface area contributed by atoms with Crippen molar-refractivity contribution in [3.63, 3.8) is 0 Å². The number of imide groups is 1. The molecule has 7 heteroatoms. The molecule has 2 fully saturated rings. The lowest BCUT2D eigenvalue weighted by atomic mass is 9.85. The summed E-state index contributed by atoms with van der Waals surface area (Å²) in [6.45, 7) is 3.07. The van der Waals surface area contributed by atoms with Crippen LogP contribution in [0.5, 0.6) is 5.75 Å². The Bertz CT molecular complexity index is 888. The Morgan fingerprint density at radius 1 is 1.03 bits per heavy atom. The van der Waals surface area contributed by atoms with Crippen LogP contribution in [0, 0.1) is 29.6 Å². The summed E-state index contributed by atoms with van der Waals surface area (Å²) in [5.74, 6) is -2.00. The van der Waals surface area contributed by atoms with Crippen molar-refractivity contribution in [2.45, 2.75) is 26.3 Å². The van der Waals surface area contributed by atoms with Crippen LogP contribution in [0.1, 0.15) is 30.6 Å². The fourth-order valence-electron chi connectivity index (χ4n) is 4.96. The highest BCUT2D eigenvalue weighted by Crippen LogP contribution is 2.53. The molecule has 1 saturated carbocycles. The van der Waals surface area contributed by atoms with Gasteiger partial charge in [-0.1, -0.05) is 26.0 Å². The van der Waals surface area contributed by atoms with Gasteiger partial charge in [-0.15, -0.1) is 0 Å². The molecule has 1 aliphatic heterocycles. The summed E-state index contributed by atoms with van der Waals surface area (Å²) >= 11 is 0. The molecule has 0 radical (unpaired) electrons. The van der Waals surface area contributed by atoms with Crippen LogP contribution in [0.2, 0.25) is 0 Å². The van der Waals surface area contributed by atoms with E-state index in [0.717, 1.165) is 11.3 Å². The van der Waals surface area contributed by atoms with E-state index in [1.807, 2.05) is 12.2 Å². The van der Waals surface area contributed by atoms with E-state index in [0.29, 0.717) is 11.3 Å². The number of allylic oxidation sites excluding steroid dienone is 2. The lowest BCUT2D eigenvalue weighted by Crippen LogP contribution is -2.50. The van der Waals surface area contributed by atoms with Gasteiger partial charge in [0.05, 0.1) is 18.9 Å². The molecule has 0 unspecified atom stereocenters. The summed E-state index contributed by atoms with van der Waals surface area (Å²) in [5.41, 5.74) is 0.384. The number of ether oxygens (including phenoxy) is 2. The molecular formula is C23H25NO6. The number of benzene rings is 1. The number of Topliss-reactive ketones (excluding diaryl/α,β-unsaturated/α-hetero) is 1. The minimum absolute atomic E-state index is 0.0712. The van der Waals surface area contributed by atoms with Gasteiger partial charge in [-0.25, -0.2) is 4.79 Å². The molecular weight excluding hydrogens is 386 g/mol. The number of carbonyl (C=O) groups is 4. The van der Waals surface area contributed by atoms with Crippen molar-refractivity contribution >= 4 is 23.6 Å². The van der Waals surface area contributed by atoms with Crippen LogP contribution in [-0.4, -0.2) is 48.2 Å². The van der Waals surface area contributed by atoms with Crippen molar-refractivity contribution in [1.82, 2.24) is 4.90 Å². The molecule has 1 heterocycles. The molecule has 158 valence electrons. The molecule has 7 nitrogen and oxygen atoms in total. The molecule has 0 aromatic heterocycles. The maximum absolute atomic E-state index is 13.0. The number of hydrogen-bond acceptors (Lipinski definition) is 6. The molecule has 0 spiro atoms. The summed E-state index contributed by atoms with van der Waals surface area (Å²) in [5, 5.41) is 0. The monoisotopic (exact) mass is 411 g/mol. The number of esters is 1. The molecule has 4 rings (SSSR count). The van der Waals surface area contributed by atoms with Gasteiger partial charge in [0.1, 0.15) is 11.8 Å². The van der Waals surface area contributed by atoms with Crippen LogP contribution < -0.4 is 4.74 Å². The molecule has 2 aliphatic carbocycles. The van der Waals surface area contributed by atoms with E-state index < -0.39 is 18.6 Å². The lowest BCUT2D eigenvalue weighted by molar-refractivity contribution is -0.160. The average Bonchev–Trinajstić information content (AvgIpc) is 3.42. The number of hydrogen-bond donors (Lipinski definition) is 0. The Kier molecular flexibility index (Phi) is 5.22. The molecule has 3 aliphatic rings. The van der Waals surface area contributed by atoms with Crippen LogP contribution in [0.3, 0.4) is 0 Å². The zero-order valence-electron chi connectivity index (χ0n) is 17.2. The van der Waals surface area contributed by atoms with Gasteiger partial charge in [-0.3, -0.25) is 19.3 Å². The average molecular weight is 411 g/mol. The van der Waals surface area contributed by atoms with Gasteiger partial charge in [0, 0.05) is 5.56 Å². The Morgan fingerprint density at radius 2 is 1.60 bits per heavy atom. The molecule has 1 aromatic carbocycles. The fourth-order valence-corrected chi connectivity index (χ4v) is 4.96. The van der Waals surface area contributed by atoms with E-state index in [9.17, 15) is 19.2 Å². The quantitative estimate of drug-likeness (QED) is 0.296. The van der Waals surface area contributed by atoms with Gasteiger partial charge in [0.2, 0.25) is 11.8 Å². The summed E-state index contributed by atoms with van der Waals surface area (Å²) in [6, 6.07) is 5.45. The Labute approximate surface area is 175 Å². The second-order valence-corrected chi connectivity index (χ2v) is 8.49. The third-order valence-corrected chi connectivity index (χ3v) is 6.41. The smallest absolute Gasteiger partial charge is 0.330 e. The Balaban J connectivity index is 1.45. The maximum atomic E-state index is 13.0. The first-order valence-corrected chi connectivity index (χ1v) is 10.2. The molecule has 1 aromatic rings. The second kappa shape index (κ2) is 7.70. The maximum Gasteiger partial charge on any atom is 0.330 e.